The van der Waals surface area contributed by atoms with E-state index >= 15 is 0 Å². The highest BCUT2D eigenvalue weighted by molar-refractivity contribution is 7.80. The van der Waals surface area contributed by atoms with Crippen molar-refractivity contribution >= 4 is 23.1 Å². The molecular formula is C14H24N2OS. The van der Waals surface area contributed by atoms with Crippen LogP contribution in [0.3, 0.4) is 0 Å². The summed E-state index contributed by atoms with van der Waals surface area (Å²) in [6, 6.07) is 0. The van der Waals surface area contributed by atoms with Crippen molar-refractivity contribution in [3.8, 4) is 0 Å². The molecule has 0 spiro atoms. The van der Waals surface area contributed by atoms with Gasteiger partial charge in [-0.05, 0) is 25.7 Å². The molecule has 18 heavy (non-hydrogen) atoms. The van der Waals surface area contributed by atoms with Crippen LogP contribution in [-0.2, 0) is 4.79 Å². The van der Waals surface area contributed by atoms with E-state index in [9.17, 15) is 4.79 Å². The van der Waals surface area contributed by atoms with Crippen LogP contribution < -0.4 is 11.1 Å². The number of nitrogens with one attached hydrogen (secondary N) is 1. The van der Waals surface area contributed by atoms with Gasteiger partial charge in [-0.2, -0.15) is 0 Å². The van der Waals surface area contributed by atoms with Gasteiger partial charge in [0.2, 0.25) is 5.91 Å². The molecule has 2 rings (SSSR count). The highest BCUT2D eigenvalue weighted by atomic mass is 32.1. The molecule has 0 atom stereocenters. The van der Waals surface area contributed by atoms with Crippen molar-refractivity contribution < 1.29 is 4.79 Å². The summed E-state index contributed by atoms with van der Waals surface area (Å²) in [4.78, 5) is 13.0. The molecule has 2 saturated carbocycles. The summed E-state index contributed by atoms with van der Waals surface area (Å²) in [5.41, 5.74) is 5.26. The summed E-state index contributed by atoms with van der Waals surface area (Å²) in [6.45, 7) is 2.09. The molecule has 4 heteroatoms. The summed E-state index contributed by atoms with van der Waals surface area (Å²) in [5.74, 6) is 0.164. The van der Waals surface area contributed by atoms with E-state index in [1.54, 1.807) is 0 Å². The number of amides is 1. The average molecular weight is 268 g/mol. The topological polar surface area (TPSA) is 55.1 Å². The summed E-state index contributed by atoms with van der Waals surface area (Å²) in [6.07, 6.45) is 9.58. The minimum Gasteiger partial charge on any atom is -0.391 e. The first-order valence-corrected chi connectivity index (χ1v) is 7.52. The Morgan fingerprint density at radius 1 is 1.06 bits per heavy atom. The van der Waals surface area contributed by atoms with Gasteiger partial charge < -0.3 is 11.1 Å². The van der Waals surface area contributed by atoms with E-state index in [4.69, 9.17) is 18.0 Å². The summed E-state index contributed by atoms with van der Waals surface area (Å²) >= 11 is 5.19. The van der Waals surface area contributed by atoms with Crippen molar-refractivity contribution in [2.45, 2.75) is 70.3 Å². The SMILES string of the molecule is CC1(C(=O)NC2(C(N)=S)CCCC2)CCCCC1. The number of thiocarbonyl (C=S) groups is 1. The predicted molar refractivity (Wildman–Crippen MR) is 77.3 cm³/mol. The molecule has 0 saturated heterocycles. The maximum Gasteiger partial charge on any atom is 0.226 e. The van der Waals surface area contributed by atoms with Crippen molar-refractivity contribution in [1.82, 2.24) is 5.32 Å². The van der Waals surface area contributed by atoms with E-state index in [2.05, 4.69) is 12.2 Å². The summed E-state index contributed by atoms with van der Waals surface area (Å²) in [7, 11) is 0. The summed E-state index contributed by atoms with van der Waals surface area (Å²) < 4.78 is 0. The molecule has 0 bridgehead atoms. The molecule has 0 aliphatic heterocycles. The minimum atomic E-state index is -0.396. The lowest BCUT2D eigenvalue weighted by Crippen LogP contribution is -2.58. The Hall–Kier alpha value is -0.640. The molecule has 0 heterocycles. The monoisotopic (exact) mass is 268 g/mol. The third-order valence-corrected chi connectivity index (χ3v) is 5.18. The van der Waals surface area contributed by atoms with E-state index in [-0.39, 0.29) is 11.3 Å². The molecule has 3 N–H and O–H groups in total. The molecule has 0 unspecified atom stereocenters. The van der Waals surface area contributed by atoms with Crippen molar-refractivity contribution in [3.05, 3.63) is 0 Å². The Labute approximate surface area is 115 Å². The van der Waals surface area contributed by atoms with Gasteiger partial charge in [-0.3, -0.25) is 4.79 Å². The first-order valence-electron chi connectivity index (χ1n) is 7.11. The van der Waals surface area contributed by atoms with Crippen molar-refractivity contribution in [2.75, 3.05) is 0 Å². The average Bonchev–Trinajstić information content (AvgIpc) is 2.80. The third kappa shape index (κ3) is 2.53. The zero-order valence-corrected chi connectivity index (χ0v) is 12.1. The molecule has 0 aromatic carbocycles. The summed E-state index contributed by atoms with van der Waals surface area (Å²) in [5, 5.41) is 3.20. The van der Waals surface area contributed by atoms with Gasteiger partial charge in [-0.15, -0.1) is 0 Å². The van der Waals surface area contributed by atoms with Crippen molar-refractivity contribution in [3.63, 3.8) is 0 Å². The molecule has 2 fully saturated rings. The second-order valence-electron chi connectivity index (χ2n) is 6.23. The fourth-order valence-corrected chi connectivity index (χ4v) is 3.59. The fourth-order valence-electron chi connectivity index (χ4n) is 3.34. The molecule has 2 aliphatic carbocycles. The maximum atomic E-state index is 12.6. The van der Waals surface area contributed by atoms with Gasteiger partial charge in [0.05, 0.1) is 10.5 Å². The van der Waals surface area contributed by atoms with E-state index in [0.29, 0.717) is 4.99 Å². The van der Waals surface area contributed by atoms with Crippen LogP contribution >= 0.6 is 12.2 Å². The lowest BCUT2D eigenvalue weighted by molar-refractivity contribution is -0.133. The first-order chi connectivity index (χ1) is 8.49. The zero-order chi connectivity index (χ0) is 13.2. The zero-order valence-electron chi connectivity index (χ0n) is 11.3. The second-order valence-corrected chi connectivity index (χ2v) is 6.67. The molecule has 0 aromatic heterocycles. The maximum absolute atomic E-state index is 12.6. The Balaban J connectivity index is 2.07. The molecule has 2 aliphatic rings. The van der Waals surface area contributed by atoms with E-state index in [1.165, 1.54) is 6.42 Å². The molecule has 3 nitrogen and oxygen atoms in total. The predicted octanol–water partition coefficient (Wildman–Crippen LogP) is 2.67. The number of nitrogens with two attached hydrogens (primary N) is 1. The van der Waals surface area contributed by atoms with Crippen LogP contribution in [0.1, 0.15) is 64.7 Å². The van der Waals surface area contributed by atoms with Crippen LogP contribution in [0.5, 0.6) is 0 Å². The molecule has 0 radical (unpaired) electrons. The largest absolute Gasteiger partial charge is 0.391 e. The Bertz CT molecular complexity index is 342. The van der Waals surface area contributed by atoms with Gasteiger partial charge in [-0.1, -0.05) is 51.2 Å². The van der Waals surface area contributed by atoms with E-state index < -0.39 is 5.54 Å². The highest BCUT2D eigenvalue weighted by Gasteiger charge is 2.43. The molecule has 0 aromatic rings. The van der Waals surface area contributed by atoms with Gasteiger partial charge in [0.1, 0.15) is 0 Å². The van der Waals surface area contributed by atoms with Gasteiger partial charge in [0.25, 0.3) is 0 Å². The van der Waals surface area contributed by atoms with Crippen LogP contribution in [0.2, 0.25) is 0 Å². The van der Waals surface area contributed by atoms with Gasteiger partial charge >= 0.3 is 0 Å². The lowest BCUT2D eigenvalue weighted by atomic mass is 9.74. The molecule has 102 valence electrons. The van der Waals surface area contributed by atoms with Gasteiger partial charge in [-0.25, -0.2) is 0 Å². The Morgan fingerprint density at radius 2 is 1.56 bits per heavy atom. The van der Waals surface area contributed by atoms with Crippen LogP contribution in [-0.4, -0.2) is 16.4 Å². The standard InChI is InChI=1S/C14H24N2OS/c1-13(7-3-2-4-8-13)12(17)16-14(11(15)18)9-5-6-10-14/h2-10H2,1H3,(H2,15,18)(H,16,17). The number of rotatable bonds is 3. The van der Waals surface area contributed by atoms with Crippen molar-refractivity contribution in [2.24, 2.45) is 11.1 Å². The first kappa shape index (κ1) is 13.8. The number of carbonyl (C=O) groups is 1. The Kier molecular flexibility index (Phi) is 3.95. The van der Waals surface area contributed by atoms with E-state index in [0.717, 1.165) is 51.4 Å². The quantitative estimate of drug-likeness (QED) is 0.774. The normalized spacial score (nSPS) is 25.6. The van der Waals surface area contributed by atoms with Crippen LogP contribution in [0.4, 0.5) is 0 Å². The molecular weight excluding hydrogens is 244 g/mol. The van der Waals surface area contributed by atoms with Crippen LogP contribution in [0.15, 0.2) is 0 Å². The van der Waals surface area contributed by atoms with Gasteiger partial charge in [0.15, 0.2) is 0 Å². The highest BCUT2D eigenvalue weighted by Crippen LogP contribution is 2.38. The minimum absolute atomic E-state index is 0.164. The molecule has 1 amide bonds. The van der Waals surface area contributed by atoms with Crippen molar-refractivity contribution in [1.29, 1.82) is 0 Å². The number of hydrogen-bond acceptors (Lipinski definition) is 2. The Morgan fingerprint density at radius 3 is 2.06 bits per heavy atom. The third-order valence-electron chi connectivity index (χ3n) is 4.79. The van der Waals surface area contributed by atoms with Crippen LogP contribution in [0.25, 0.3) is 0 Å². The van der Waals surface area contributed by atoms with Crippen LogP contribution in [0, 0.1) is 5.41 Å². The smallest absolute Gasteiger partial charge is 0.226 e. The second kappa shape index (κ2) is 5.16. The van der Waals surface area contributed by atoms with Gasteiger partial charge in [0, 0.05) is 5.41 Å². The van der Waals surface area contributed by atoms with E-state index in [1.807, 2.05) is 0 Å². The number of hydrogen-bond donors (Lipinski definition) is 2. The fraction of sp³-hybridized carbons (Fsp3) is 0.857. The number of carbonyl (C=O) groups excluding carboxylic acids is 1. The lowest BCUT2D eigenvalue weighted by Gasteiger charge is -2.37.